The molecule has 20 heavy (non-hydrogen) atoms. The summed E-state index contributed by atoms with van der Waals surface area (Å²) >= 11 is 0. The molecule has 0 saturated carbocycles. The number of halogens is 1. The second-order valence-electron chi connectivity index (χ2n) is 4.73. The highest BCUT2D eigenvalue weighted by Gasteiger charge is 2.14. The third-order valence-corrected chi connectivity index (χ3v) is 3.08. The van der Waals surface area contributed by atoms with E-state index < -0.39 is 0 Å². The van der Waals surface area contributed by atoms with Gasteiger partial charge in [-0.1, -0.05) is 12.1 Å². The molecule has 0 aliphatic carbocycles. The normalized spacial score (nSPS) is 10.3. The molecular formula is C15H17FN4. The van der Waals surface area contributed by atoms with Gasteiger partial charge in [-0.2, -0.15) is 0 Å². The SMILES string of the molecule is Cc1ccnc(N(C)Cc2cccc(F)c2)c1C(=N)N. The molecule has 0 aliphatic heterocycles. The minimum atomic E-state index is -0.264. The quantitative estimate of drug-likeness (QED) is 0.663. The van der Waals surface area contributed by atoms with E-state index in [1.807, 2.05) is 31.0 Å². The van der Waals surface area contributed by atoms with Crippen molar-refractivity contribution in [1.29, 1.82) is 5.41 Å². The maximum atomic E-state index is 13.2. The summed E-state index contributed by atoms with van der Waals surface area (Å²) in [5.41, 5.74) is 7.98. The van der Waals surface area contributed by atoms with E-state index in [1.54, 1.807) is 12.3 Å². The van der Waals surface area contributed by atoms with Crippen LogP contribution in [0.25, 0.3) is 0 Å². The molecule has 2 aromatic rings. The first kappa shape index (κ1) is 14.0. The lowest BCUT2D eigenvalue weighted by Gasteiger charge is -2.22. The average Bonchev–Trinajstić information content (AvgIpc) is 2.37. The second-order valence-corrected chi connectivity index (χ2v) is 4.73. The number of nitrogens with one attached hydrogen (secondary N) is 1. The highest BCUT2D eigenvalue weighted by molar-refractivity contribution is 6.00. The van der Waals surface area contributed by atoms with Crippen molar-refractivity contribution < 1.29 is 4.39 Å². The van der Waals surface area contributed by atoms with Gasteiger partial charge in [0.05, 0.1) is 5.56 Å². The van der Waals surface area contributed by atoms with Crippen LogP contribution in [-0.4, -0.2) is 17.9 Å². The number of pyridine rings is 1. The van der Waals surface area contributed by atoms with Gasteiger partial charge in [0.2, 0.25) is 0 Å². The summed E-state index contributed by atoms with van der Waals surface area (Å²) in [5, 5.41) is 7.68. The molecule has 5 heteroatoms. The monoisotopic (exact) mass is 272 g/mol. The number of nitrogens with zero attached hydrogens (tertiary/aromatic N) is 2. The number of anilines is 1. The van der Waals surface area contributed by atoms with Crippen LogP contribution in [0.1, 0.15) is 16.7 Å². The van der Waals surface area contributed by atoms with Gasteiger partial charge in [0.1, 0.15) is 17.5 Å². The number of aryl methyl sites for hydroxylation is 1. The lowest BCUT2D eigenvalue weighted by Crippen LogP contribution is -2.24. The molecule has 1 heterocycles. The van der Waals surface area contributed by atoms with E-state index in [4.69, 9.17) is 11.1 Å². The van der Waals surface area contributed by atoms with Crippen LogP contribution >= 0.6 is 0 Å². The first-order chi connectivity index (χ1) is 9.49. The van der Waals surface area contributed by atoms with Crippen molar-refractivity contribution in [1.82, 2.24) is 4.98 Å². The number of rotatable bonds is 4. The van der Waals surface area contributed by atoms with Crippen LogP contribution < -0.4 is 10.6 Å². The summed E-state index contributed by atoms with van der Waals surface area (Å²) < 4.78 is 13.2. The van der Waals surface area contributed by atoms with Crippen molar-refractivity contribution in [2.75, 3.05) is 11.9 Å². The average molecular weight is 272 g/mol. The zero-order chi connectivity index (χ0) is 14.7. The Morgan fingerprint density at radius 1 is 1.40 bits per heavy atom. The summed E-state index contributed by atoms with van der Waals surface area (Å²) in [4.78, 5) is 6.15. The number of benzene rings is 1. The maximum absolute atomic E-state index is 13.2. The molecule has 0 unspecified atom stereocenters. The Hall–Kier alpha value is -2.43. The summed E-state index contributed by atoms with van der Waals surface area (Å²) in [6.07, 6.45) is 1.68. The van der Waals surface area contributed by atoms with E-state index in [-0.39, 0.29) is 11.7 Å². The first-order valence-electron chi connectivity index (χ1n) is 6.24. The predicted octanol–water partition coefficient (Wildman–Crippen LogP) is 2.45. The van der Waals surface area contributed by atoms with Crippen molar-refractivity contribution >= 4 is 11.7 Å². The van der Waals surface area contributed by atoms with E-state index in [9.17, 15) is 4.39 Å². The number of nitrogen functional groups attached to an aromatic ring is 1. The Morgan fingerprint density at radius 3 is 2.80 bits per heavy atom. The van der Waals surface area contributed by atoms with Crippen LogP contribution in [0.5, 0.6) is 0 Å². The third kappa shape index (κ3) is 2.93. The zero-order valence-corrected chi connectivity index (χ0v) is 11.5. The molecule has 0 amide bonds. The van der Waals surface area contributed by atoms with Gasteiger partial charge in [0.15, 0.2) is 0 Å². The van der Waals surface area contributed by atoms with E-state index in [1.165, 1.54) is 12.1 Å². The van der Waals surface area contributed by atoms with Gasteiger partial charge in [0.25, 0.3) is 0 Å². The van der Waals surface area contributed by atoms with E-state index in [0.717, 1.165) is 11.1 Å². The first-order valence-corrected chi connectivity index (χ1v) is 6.24. The van der Waals surface area contributed by atoms with Crippen LogP contribution in [-0.2, 0) is 6.54 Å². The Morgan fingerprint density at radius 2 is 2.15 bits per heavy atom. The van der Waals surface area contributed by atoms with Gasteiger partial charge in [-0.05, 0) is 36.2 Å². The van der Waals surface area contributed by atoms with Crippen molar-refractivity contribution in [3.63, 3.8) is 0 Å². The van der Waals surface area contributed by atoms with E-state index in [2.05, 4.69) is 4.98 Å². The van der Waals surface area contributed by atoms with Crippen LogP contribution in [0.15, 0.2) is 36.5 Å². The highest BCUT2D eigenvalue weighted by Crippen LogP contribution is 2.21. The van der Waals surface area contributed by atoms with Gasteiger partial charge in [-0.25, -0.2) is 9.37 Å². The lowest BCUT2D eigenvalue weighted by molar-refractivity contribution is 0.625. The fourth-order valence-corrected chi connectivity index (χ4v) is 2.15. The van der Waals surface area contributed by atoms with E-state index >= 15 is 0 Å². The van der Waals surface area contributed by atoms with Crippen molar-refractivity contribution in [2.45, 2.75) is 13.5 Å². The highest BCUT2D eigenvalue weighted by atomic mass is 19.1. The van der Waals surface area contributed by atoms with E-state index in [0.29, 0.717) is 17.9 Å². The van der Waals surface area contributed by atoms with Gasteiger partial charge in [-0.15, -0.1) is 0 Å². The molecule has 1 aromatic heterocycles. The van der Waals surface area contributed by atoms with Crippen LogP contribution in [0.3, 0.4) is 0 Å². The zero-order valence-electron chi connectivity index (χ0n) is 11.5. The maximum Gasteiger partial charge on any atom is 0.139 e. The number of hydrogen-bond donors (Lipinski definition) is 2. The molecule has 0 atom stereocenters. The van der Waals surface area contributed by atoms with Crippen molar-refractivity contribution in [2.24, 2.45) is 5.73 Å². The number of hydrogen-bond acceptors (Lipinski definition) is 3. The lowest BCUT2D eigenvalue weighted by atomic mass is 10.1. The topological polar surface area (TPSA) is 66.0 Å². The van der Waals surface area contributed by atoms with Gasteiger partial charge >= 0.3 is 0 Å². The molecule has 2 rings (SSSR count). The van der Waals surface area contributed by atoms with Crippen molar-refractivity contribution in [3.8, 4) is 0 Å². The Bertz CT molecular complexity index is 640. The molecule has 0 bridgehead atoms. The molecule has 0 fully saturated rings. The number of nitrogens with two attached hydrogens (primary N) is 1. The summed E-state index contributed by atoms with van der Waals surface area (Å²) in [7, 11) is 1.85. The van der Waals surface area contributed by atoms with Crippen LogP contribution in [0.4, 0.5) is 10.2 Å². The molecule has 4 nitrogen and oxygen atoms in total. The summed E-state index contributed by atoms with van der Waals surface area (Å²) in [5.74, 6) is 0.346. The number of amidine groups is 1. The number of aromatic nitrogens is 1. The molecule has 104 valence electrons. The molecule has 1 aromatic carbocycles. The Kier molecular flexibility index (Phi) is 3.98. The summed E-state index contributed by atoms with van der Waals surface area (Å²) in [6.45, 7) is 2.38. The summed E-state index contributed by atoms with van der Waals surface area (Å²) in [6, 6.07) is 8.24. The molecule has 0 aliphatic rings. The van der Waals surface area contributed by atoms with Gasteiger partial charge in [-0.3, -0.25) is 5.41 Å². The molecule has 3 N–H and O–H groups in total. The molecule has 0 radical (unpaired) electrons. The van der Waals surface area contributed by atoms with Crippen LogP contribution in [0.2, 0.25) is 0 Å². The second kappa shape index (κ2) is 5.69. The Balaban J connectivity index is 2.32. The minimum absolute atomic E-state index is 0.0170. The van der Waals surface area contributed by atoms with Crippen LogP contribution in [0, 0.1) is 18.2 Å². The fourth-order valence-electron chi connectivity index (χ4n) is 2.15. The predicted molar refractivity (Wildman–Crippen MR) is 78.5 cm³/mol. The Labute approximate surface area is 117 Å². The van der Waals surface area contributed by atoms with Crippen molar-refractivity contribution in [3.05, 3.63) is 59.0 Å². The smallest absolute Gasteiger partial charge is 0.139 e. The third-order valence-electron chi connectivity index (χ3n) is 3.08. The largest absolute Gasteiger partial charge is 0.384 e. The van der Waals surface area contributed by atoms with Gasteiger partial charge in [0, 0.05) is 19.8 Å². The molecular weight excluding hydrogens is 255 g/mol. The molecule has 0 spiro atoms. The van der Waals surface area contributed by atoms with Gasteiger partial charge < -0.3 is 10.6 Å². The molecule has 0 saturated heterocycles. The standard InChI is InChI=1S/C15H17FN4/c1-10-6-7-19-15(13(10)14(17)18)20(2)9-11-4-3-5-12(16)8-11/h3-8H,9H2,1-2H3,(H3,17,18). The minimum Gasteiger partial charge on any atom is -0.384 e. The fraction of sp³-hybridized carbons (Fsp3) is 0.200.